The largest absolute Gasteiger partial charge is 0.399 e. The minimum atomic E-state index is -3.06. The van der Waals surface area contributed by atoms with Gasteiger partial charge in [-0.2, -0.15) is 4.31 Å². The lowest BCUT2D eigenvalue weighted by molar-refractivity contribution is 0.385. The predicted octanol–water partition coefficient (Wildman–Crippen LogP) is 1.05. The molecule has 2 rings (SSSR count). The zero-order valence-corrected chi connectivity index (χ0v) is 12.3. The van der Waals surface area contributed by atoms with Gasteiger partial charge in [0.15, 0.2) is 0 Å². The molecule has 0 amide bonds. The number of hydrogen-bond donors (Lipinski definition) is 1. The van der Waals surface area contributed by atoms with Gasteiger partial charge in [-0.15, -0.1) is 0 Å². The number of nitrogens with zero attached hydrogens (tertiary/aromatic N) is 2. The lowest BCUT2D eigenvalue weighted by atomic mass is 10.1. The van der Waals surface area contributed by atoms with Crippen molar-refractivity contribution in [1.82, 2.24) is 4.31 Å². The van der Waals surface area contributed by atoms with Crippen molar-refractivity contribution in [2.45, 2.75) is 13.8 Å². The molecule has 19 heavy (non-hydrogen) atoms. The fourth-order valence-corrected chi connectivity index (χ4v) is 3.51. The highest BCUT2D eigenvalue weighted by molar-refractivity contribution is 7.89. The highest BCUT2D eigenvalue weighted by Crippen LogP contribution is 2.24. The van der Waals surface area contributed by atoms with E-state index in [1.54, 1.807) is 11.2 Å². The molecule has 0 atom stereocenters. The van der Waals surface area contributed by atoms with Crippen LogP contribution in [0.15, 0.2) is 18.2 Å². The van der Waals surface area contributed by atoms with Crippen molar-refractivity contribution >= 4 is 21.4 Å². The molecule has 1 saturated heterocycles. The zero-order valence-electron chi connectivity index (χ0n) is 11.5. The summed E-state index contributed by atoms with van der Waals surface area (Å²) in [5, 5.41) is 0. The van der Waals surface area contributed by atoms with Crippen molar-refractivity contribution in [3.8, 4) is 0 Å². The van der Waals surface area contributed by atoms with Gasteiger partial charge in [0.1, 0.15) is 0 Å². The Labute approximate surface area is 115 Å². The van der Waals surface area contributed by atoms with Crippen LogP contribution in [0.1, 0.15) is 12.5 Å². The number of sulfonamides is 1. The number of aryl methyl sites for hydroxylation is 1. The van der Waals surface area contributed by atoms with E-state index in [9.17, 15) is 8.42 Å². The molecule has 106 valence electrons. The third-order valence-electron chi connectivity index (χ3n) is 3.56. The van der Waals surface area contributed by atoms with Gasteiger partial charge in [-0.25, -0.2) is 8.42 Å². The first-order valence-electron chi connectivity index (χ1n) is 6.53. The Kier molecular flexibility index (Phi) is 4.01. The second-order valence-electron chi connectivity index (χ2n) is 4.83. The predicted molar refractivity (Wildman–Crippen MR) is 78.8 cm³/mol. The van der Waals surface area contributed by atoms with E-state index in [0.717, 1.165) is 30.0 Å². The average molecular weight is 283 g/mol. The van der Waals surface area contributed by atoms with Gasteiger partial charge in [-0.1, -0.05) is 0 Å². The van der Waals surface area contributed by atoms with Crippen molar-refractivity contribution < 1.29 is 8.42 Å². The first kappa shape index (κ1) is 14.1. The first-order valence-corrected chi connectivity index (χ1v) is 8.14. The van der Waals surface area contributed by atoms with Gasteiger partial charge >= 0.3 is 0 Å². The quantitative estimate of drug-likeness (QED) is 0.842. The molecule has 0 aromatic heterocycles. The smallest absolute Gasteiger partial charge is 0.213 e. The minimum absolute atomic E-state index is 0.175. The highest BCUT2D eigenvalue weighted by atomic mass is 32.2. The summed E-state index contributed by atoms with van der Waals surface area (Å²) in [5.41, 5.74) is 8.78. The topological polar surface area (TPSA) is 66.6 Å². The van der Waals surface area contributed by atoms with Crippen molar-refractivity contribution in [2.75, 3.05) is 42.6 Å². The van der Waals surface area contributed by atoms with Crippen molar-refractivity contribution in [3.05, 3.63) is 23.8 Å². The fraction of sp³-hybridized carbons (Fsp3) is 0.538. The molecule has 1 aliphatic heterocycles. The Morgan fingerprint density at radius 3 is 2.37 bits per heavy atom. The molecule has 0 spiro atoms. The molecule has 1 aromatic rings. The summed E-state index contributed by atoms with van der Waals surface area (Å²) in [4.78, 5) is 2.22. The summed E-state index contributed by atoms with van der Waals surface area (Å²) in [6.07, 6.45) is 0. The summed E-state index contributed by atoms with van der Waals surface area (Å²) < 4.78 is 25.2. The van der Waals surface area contributed by atoms with Crippen LogP contribution in [0.2, 0.25) is 0 Å². The van der Waals surface area contributed by atoms with E-state index in [1.807, 2.05) is 25.1 Å². The van der Waals surface area contributed by atoms with Gasteiger partial charge in [-0.05, 0) is 37.6 Å². The van der Waals surface area contributed by atoms with Crippen LogP contribution in [0.25, 0.3) is 0 Å². The van der Waals surface area contributed by atoms with E-state index < -0.39 is 10.0 Å². The number of hydrogen-bond acceptors (Lipinski definition) is 4. The average Bonchev–Trinajstić information content (AvgIpc) is 2.39. The monoisotopic (exact) mass is 283 g/mol. The van der Waals surface area contributed by atoms with Crippen molar-refractivity contribution in [2.24, 2.45) is 0 Å². The zero-order chi connectivity index (χ0) is 14.0. The molecule has 1 heterocycles. The maximum Gasteiger partial charge on any atom is 0.213 e. The van der Waals surface area contributed by atoms with Crippen LogP contribution in [0, 0.1) is 6.92 Å². The second kappa shape index (κ2) is 5.38. The third-order valence-corrected chi connectivity index (χ3v) is 5.44. The van der Waals surface area contributed by atoms with Gasteiger partial charge in [0.25, 0.3) is 0 Å². The molecule has 2 N–H and O–H groups in total. The van der Waals surface area contributed by atoms with Crippen LogP contribution >= 0.6 is 0 Å². The summed E-state index contributed by atoms with van der Waals surface area (Å²) in [5.74, 6) is 0.175. The third kappa shape index (κ3) is 3.01. The molecule has 1 fully saturated rings. The maximum atomic E-state index is 11.8. The number of rotatable bonds is 3. The number of nitrogen functional groups attached to an aromatic ring is 1. The molecule has 0 saturated carbocycles. The van der Waals surface area contributed by atoms with E-state index in [4.69, 9.17) is 5.73 Å². The molecule has 1 aromatic carbocycles. The Hall–Kier alpha value is -1.27. The van der Waals surface area contributed by atoms with Crippen LogP contribution in [-0.2, 0) is 10.0 Å². The van der Waals surface area contributed by atoms with E-state index in [-0.39, 0.29) is 5.75 Å². The summed E-state index contributed by atoms with van der Waals surface area (Å²) in [6, 6.07) is 5.84. The Morgan fingerprint density at radius 2 is 1.84 bits per heavy atom. The molecule has 0 unspecified atom stereocenters. The number of nitrogens with two attached hydrogens (primary N) is 1. The standard InChI is InChI=1S/C13H21N3O2S/c1-3-19(17,18)16-8-6-15(7-9-16)13-5-4-12(14)10-11(13)2/h4-5,10H,3,6-9,14H2,1-2H3. The molecular weight excluding hydrogens is 262 g/mol. The minimum Gasteiger partial charge on any atom is -0.399 e. The van der Waals surface area contributed by atoms with Gasteiger partial charge in [0, 0.05) is 37.6 Å². The van der Waals surface area contributed by atoms with E-state index >= 15 is 0 Å². The molecule has 6 heteroatoms. The fourth-order valence-electron chi connectivity index (χ4n) is 2.42. The van der Waals surface area contributed by atoms with Crippen LogP contribution in [0.3, 0.4) is 0 Å². The molecule has 0 aliphatic carbocycles. The van der Waals surface area contributed by atoms with Crippen LogP contribution < -0.4 is 10.6 Å². The molecule has 0 bridgehead atoms. The van der Waals surface area contributed by atoms with Gasteiger partial charge < -0.3 is 10.6 Å². The molecule has 0 radical (unpaired) electrons. The van der Waals surface area contributed by atoms with E-state index in [1.165, 1.54) is 0 Å². The molecule has 1 aliphatic rings. The van der Waals surface area contributed by atoms with Crippen LogP contribution in [0.4, 0.5) is 11.4 Å². The van der Waals surface area contributed by atoms with Crippen LogP contribution in [0.5, 0.6) is 0 Å². The normalized spacial score (nSPS) is 17.7. The summed E-state index contributed by atoms with van der Waals surface area (Å²) in [7, 11) is -3.06. The first-order chi connectivity index (χ1) is 8.94. The van der Waals surface area contributed by atoms with Crippen LogP contribution in [-0.4, -0.2) is 44.7 Å². The Balaban J connectivity index is 2.08. The SMILES string of the molecule is CCS(=O)(=O)N1CCN(c2ccc(N)cc2C)CC1. The lowest BCUT2D eigenvalue weighted by Crippen LogP contribution is -2.49. The Morgan fingerprint density at radius 1 is 1.21 bits per heavy atom. The van der Waals surface area contributed by atoms with E-state index in [2.05, 4.69) is 4.90 Å². The van der Waals surface area contributed by atoms with Crippen molar-refractivity contribution in [3.63, 3.8) is 0 Å². The summed E-state index contributed by atoms with van der Waals surface area (Å²) in [6.45, 7) is 6.28. The molecular formula is C13H21N3O2S. The molecule has 5 nitrogen and oxygen atoms in total. The Bertz CT molecular complexity index is 549. The van der Waals surface area contributed by atoms with E-state index in [0.29, 0.717) is 13.1 Å². The van der Waals surface area contributed by atoms with Gasteiger partial charge in [0.05, 0.1) is 5.75 Å². The van der Waals surface area contributed by atoms with Gasteiger partial charge in [-0.3, -0.25) is 0 Å². The number of anilines is 2. The van der Waals surface area contributed by atoms with Gasteiger partial charge in [0.2, 0.25) is 10.0 Å². The number of piperazine rings is 1. The lowest BCUT2D eigenvalue weighted by Gasteiger charge is -2.36. The highest BCUT2D eigenvalue weighted by Gasteiger charge is 2.25. The second-order valence-corrected chi connectivity index (χ2v) is 7.09. The van der Waals surface area contributed by atoms with Crippen molar-refractivity contribution in [1.29, 1.82) is 0 Å². The maximum absolute atomic E-state index is 11.8. The number of benzene rings is 1. The summed E-state index contributed by atoms with van der Waals surface area (Å²) >= 11 is 0.